The second-order valence-electron chi connectivity index (χ2n) is 5.92. The number of piperazine rings is 1. The lowest BCUT2D eigenvalue weighted by atomic mass is 9.93. The van der Waals surface area contributed by atoms with Crippen molar-refractivity contribution in [2.45, 2.75) is 51.2 Å². The van der Waals surface area contributed by atoms with Crippen LogP contribution in [0.5, 0.6) is 0 Å². The predicted octanol–water partition coefficient (Wildman–Crippen LogP) is 1.75. The molecule has 0 N–H and O–H groups in total. The van der Waals surface area contributed by atoms with E-state index in [0.717, 1.165) is 31.4 Å². The van der Waals surface area contributed by atoms with Crippen LogP contribution >= 0.6 is 0 Å². The summed E-state index contributed by atoms with van der Waals surface area (Å²) in [6, 6.07) is 3.05. The largest absolute Gasteiger partial charge is 0.329 e. The average molecular weight is 287 g/mol. The van der Waals surface area contributed by atoms with Crippen molar-refractivity contribution in [1.29, 1.82) is 0 Å². The molecule has 2 saturated heterocycles. The van der Waals surface area contributed by atoms with Gasteiger partial charge < -0.3 is 9.80 Å². The third kappa shape index (κ3) is 2.30. The number of fused-ring (bicyclic) bond motifs is 1. The highest BCUT2D eigenvalue weighted by atomic mass is 16.2. The second kappa shape index (κ2) is 5.47. The van der Waals surface area contributed by atoms with Gasteiger partial charge in [-0.3, -0.25) is 14.6 Å². The molecule has 2 amide bonds. The number of hydrogen-bond acceptors (Lipinski definition) is 3. The number of rotatable bonds is 2. The summed E-state index contributed by atoms with van der Waals surface area (Å²) in [5.74, 6) is 0.173. The summed E-state index contributed by atoms with van der Waals surface area (Å²) in [6.07, 6.45) is 6.25. The fourth-order valence-corrected chi connectivity index (χ4v) is 3.50. The van der Waals surface area contributed by atoms with Crippen molar-refractivity contribution in [1.82, 2.24) is 14.8 Å². The monoisotopic (exact) mass is 287 g/mol. The Kier molecular flexibility index (Phi) is 3.66. The van der Waals surface area contributed by atoms with Gasteiger partial charge in [0, 0.05) is 18.9 Å². The van der Waals surface area contributed by atoms with Crippen molar-refractivity contribution in [2.24, 2.45) is 0 Å². The van der Waals surface area contributed by atoms with E-state index in [2.05, 4.69) is 4.98 Å². The summed E-state index contributed by atoms with van der Waals surface area (Å²) in [4.78, 5) is 33.0. The molecule has 0 aliphatic carbocycles. The zero-order valence-electron chi connectivity index (χ0n) is 12.5. The number of piperidine rings is 1. The van der Waals surface area contributed by atoms with Gasteiger partial charge in [0.2, 0.25) is 11.8 Å². The molecule has 0 saturated carbocycles. The minimum atomic E-state index is -0.394. The molecule has 0 aromatic carbocycles. The first kappa shape index (κ1) is 14.0. The number of nitrogens with zero attached hydrogens (tertiary/aromatic N) is 3. The Labute approximate surface area is 124 Å². The molecule has 0 bridgehead atoms. The fraction of sp³-hybridized carbons (Fsp3) is 0.562. The Hall–Kier alpha value is -1.91. The first-order valence-corrected chi connectivity index (χ1v) is 7.64. The summed E-state index contributed by atoms with van der Waals surface area (Å²) >= 11 is 0. The molecule has 3 unspecified atom stereocenters. The van der Waals surface area contributed by atoms with Crippen LogP contribution in [0.3, 0.4) is 0 Å². The van der Waals surface area contributed by atoms with Gasteiger partial charge in [-0.15, -0.1) is 0 Å². The molecule has 1 aromatic rings. The van der Waals surface area contributed by atoms with Gasteiger partial charge in [0.1, 0.15) is 12.1 Å². The Balaban J connectivity index is 1.90. The van der Waals surface area contributed by atoms with Gasteiger partial charge in [0.05, 0.1) is 6.04 Å². The first-order chi connectivity index (χ1) is 10.1. The highest BCUT2D eigenvalue weighted by Gasteiger charge is 2.46. The summed E-state index contributed by atoms with van der Waals surface area (Å²) in [5, 5.41) is 0. The van der Waals surface area contributed by atoms with Crippen LogP contribution in [0.2, 0.25) is 0 Å². The number of aromatic nitrogens is 1. The second-order valence-corrected chi connectivity index (χ2v) is 5.92. The van der Waals surface area contributed by atoms with Gasteiger partial charge in [0.25, 0.3) is 0 Å². The molecule has 1 aromatic heterocycles. The van der Waals surface area contributed by atoms with Gasteiger partial charge in [-0.2, -0.15) is 0 Å². The third-order valence-corrected chi connectivity index (χ3v) is 4.71. The van der Waals surface area contributed by atoms with Crippen LogP contribution in [0.4, 0.5) is 0 Å². The molecular formula is C16H21N3O2. The van der Waals surface area contributed by atoms with E-state index in [1.165, 1.54) is 0 Å². The molecule has 3 rings (SSSR count). The lowest BCUT2D eigenvalue weighted by molar-refractivity contribution is -0.165. The van der Waals surface area contributed by atoms with Crippen LogP contribution < -0.4 is 0 Å². The van der Waals surface area contributed by atoms with Crippen LogP contribution in [0.1, 0.15) is 44.7 Å². The molecule has 0 radical (unpaired) electrons. The van der Waals surface area contributed by atoms with E-state index in [4.69, 9.17) is 0 Å². The number of carbonyl (C=O) groups excluding carboxylic acids is 2. The highest BCUT2D eigenvalue weighted by Crippen LogP contribution is 2.32. The molecule has 3 atom stereocenters. The Morgan fingerprint density at radius 1 is 1.19 bits per heavy atom. The van der Waals surface area contributed by atoms with Crippen molar-refractivity contribution in [3.8, 4) is 0 Å². The molecule has 21 heavy (non-hydrogen) atoms. The van der Waals surface area contributed by atoms with E-state index >= 15 is 0 Å². The Bertz CT molecular complexity index is 546. The third-order valence-electron chi connectivity index (χ3n) is 4.71. The normalized spacial score (nSPS) is 27.5. The summed E-state index contributed by atoms with van der Waals surface area (Å²) in [7, 11) is 0. The van der Waals surface area contributed by atoms with Crippen molar-refractivity contribution >= 4 is 11.8 Å². The fourth-order valence-electron chi connectivity index (χ4n) is 3.50. The molecule has 0 spiro atoms. The van der Waals surface area contributed by atoms with Gasteiger partial charge in [-0.05, 0) is 50.8 Å². The lowest BCUT2D eigenvalue weighted by Gasteiger charge is -2.48. The van der Waals surface area contributed by atoms with Crippen molar-refractivity contribution < 1.29 is 9.59 Å². The van der Waals surface area contributed by atoms with Crippen LogP contribution in [-0.2, 0) is 9.59 Å². The molecular weight excluding hydrogens is 266 g/mol. The van der Waals surface area contributed by atoms with E-state index in [-0.39, 0.29) is 23.9 Å². The van der Waals surface area contributed by atoms with E-state index in [0.29, 0.717) is 0 Å². The Morgan fingerprint density at radius 3 is 2.62 bits per heavy atom. The van der Waals surface area contributed by atoms with E-state index in [1.54, 1.807) is 22.2 Å². The van der Waals surface area contributed by atoms with Crippen molar-refractivity contribution in [2.75, 3.05) is 6.54 Å². The van der Waals surface area contributed by atoms with E-state index in [9.17, 15) is 9.59 Å². The van der Waals surface area contributed by atoms with Gasteiger partial charge in [-0.1, -0.05) is 0 Å². The molecule has 112 valence electrons. The topological polar surface area (TPSA) is 53.5 Å². The predicted molar refractivity (Wildman–Crippen MR) is 78.3 cm³/mol. The SMILES string of the molecule is CC1C(=O)N2CCCCC2C(=O)N1C(C)c1ccncc1. The quantitative estimate of drug-likeness (QED) is 0.833. The molecule has 3 heterocycles. The maximum atomic E-state index is 12.8. The number of pyridine rings is 1. The van der Waals surface area contributed by atoms with Crippen LogP contribution in [0.25, 0.3) is 0 Å². The molecule has 2 aliphatic heterocycles. The average Bonchev–Trinajstić information content (AvgIpc) is 2.53. The van der Waals surface area contributed by atoms with Crippen LogP contribution in [0, 0.1) is 0 Å². The zero-order valence-corrected chi connectivity index (χ0v) is 12.5. The van der Waals surface area contributed by atoms with Crippen molar-refractivity contribution in [3.63, 3.8) is 0 Å². The summed E-state index contributed by atoms with van der Waals surface area (Å²) in [5.41, 5.74) is 1.02. The van der Waals surface area contributed by atoms with Gasteiger partial charge >= 0.3 is 0 Å². The first-order valence-electron chi connectivity index (χ1n) is 7.64. The lowest BCUT2D eigenvalue weighted by Crippen LogP contribution is -2.65. The molecule has 2 aliphatic rings. The number of hydrogen-bond donors (Lipinski definition) is 0. The maximum Gasteiger partial charge on any atom is 0.246 e. The van der Waals surface area contributed by atoms with Crippen molar-refractivity contribution in [3.05, 3.63) is 30.1 Å². The smallest absolute Gasteiger partial charge is 0.246 e. The van der Waals surface area contributed by atoms with E-state index in [1.807, 2.05) is 26.0 Å². The molecule has 2 fully saturated rings. The number of amides is 2. The summed E-state index contributed by atoms with van der Waals surface area (Å²) in [6.45, 7) is 4.54. The zero-order chi connectivity index (χ0) is 15.0. The van der Waals surface area contributed by atoms with Crippen LogP contribution in [-0.4, -0.2) is 45.2 Å². The molecule has 5 heteroatoms. The van der Waals surface area contributed by atoms with Gasteiger partial charge in [0.15, 0.2) is 0 Å². The standard InChI is InChI=1S/C16H21N3O2/c1-11(13-6-8-17-9-7-13)19-12(2)15(20)18-10-4-3-5-14(18)16(19)21/h6-9,11-12,14H,3-5,10H2,1-2H3. The molecule has 5 nitrogen and oxygen atoms in total. The van der Waals surface area contributed by atoms with Crippen LogP contribution in [0.15, 0.2) is 24.5 Å². The number of carbonyl (C=O) groups is 2. The van der Waals surface area contributed by atoms with E-state index < -0.39 is 6.04 Å². The Morgan fingerprint density at radius 2 is 1.90 bits per heavy atom. The minimum Gasteiger partial charge on any atom is -0.329 e. The minimum absolute atomic E-state index is 0.0835. The van der Waals surface area contributed by atoms with Gasteiger partial charge in [-0.25, -0.2) is 0 Å². The maximum absolute atomic E-state index is 12.8. The summed E-state index contributed by atoms with van der Waals surface area (Å²) < 4.78 is 0. The highest BCUT2D eigenvalue weighted by molar-refractivity contribution is 5.97.